The molecule has 0 heterocycles. The van der Waals surface area contributed by atoms with Gasteiger partial charge in [0.05, 0.1) is 6.61 Å². The summed E-state index contributed by atoms with van der Waals surface area (Å²) in [7, 11) is 0. The highest BCUT2D eigenvalue weighted by Crippen LogP contribution is 2.07. The molecule has 0 saturated heterocycles. The largest absolute Gasteiger partial charge is 0.465 e. The van der Waals surface area contributed by atoms with Crippen molar-refractivity contribution in [3.8, 4) is 0 Å². The molecule has 2 nitrogen and oxygen atoms in total. The zero-order valence-electron chi connectivity index (χ0n) is 13.7. The van der Waals surface area contributed by atoms with E-state index >= 15 is 0 Å². The Labute approximate surface area is 126 Å². The van der Waals surface area contributed by atoms with Crippen LogP contribution in [0.25, 0.3) is 0 Å². The fourth-order valence-corrected chi connectivity index (χ4v) is 2.11. The Bertz CT molecular complexity index is 234. The van der Waals surface area contributed by atoms with Crippen molar-refractivity contribution in [1.82, 2.24) is 0 Å². The van der Waals surface area contributed by atoms with Crippen LogP contribution in [0.2, 0.25) is 0 Å². The third-order valence-electron chi connectivity index (χ3n) is 3.42. The lowest BCUT2D eigenvalue weighted by molar-refractivity contribution is -0.143. The van der Waals surface area contributed by atoms with Crippen LogP contribution in [0.1, 0.15) is 90.9 Å². The molecule has 2 heteroatoms. The second-order valence-corrected chi connectivity index (χ2v) is 5.49. The van der Waals surface area contributed by atoms with Gasteiger partial charge in [0, 0.05) is 6.42 Å². The standard InChI is InChI=1S/C18H34O2/c1-3-5-7-9-11-13-15-17-20-18(19)16-14-12-10-8-6-4-2/h11,13H,3-10,12,14-17H2,1-2H3/b13-11-. The first-order valence-electron chi connectivity index (χ1n) is 8.61. The molecule has 0 radical (unpaired) electrons. The van der Waals surface area contributed by atoms with E-state index in [1.165, 1.54) is 44.9 Å². The van der Waals surface area contributed by atoms with Gasteiger partial charge in [0.1, 0.15) is 0 Å². The third-order valence-corrected chi connectivity index (χ3v) is 3.42. The first kappa shape index (κ1) is 19.2. The van der Waals surface area contributed by atoms with Gasteiger partial charge in [-0.05, 0) is 25.7 Å². The van der Waals surface area contributed by atoms with Crippen molar-refractivity contribution < 1.29 is 9.53 Å². The average Bonchev–Trinajstić information content (AvgIpc) is 2.45. The van der Waals surface area contributed by atoms with Gasteiger partial charge >= 0.3 is 5.97 Å². The normalized spacial score (nSPS) is 11.1. The second kappa shape index (κ2) is 16.3. The Morgan fingerprint density at radius 1 is 0.800 bits per heavy atom. The Hall–Kier alpha value is -0.790. The maximum atomic E-state index is 11.5. The molecule has 0 aromatic carbocycles. The van der Waals surface area contributed by atoms with E-state index in [1.54, 1.807) is 0 Å². The Kier molecular flexibility index (Phi) is 15.6. The minimum absolute atomic E-state index is 0.0279. The van der Waals surface area contributed by atoms with Crippen molar-refractivity contribution in [3.63, 3.8) is 0 Å². The topological polar surface area (TPSA) is 26.3 Å². The SMILES string of the molecule is CCCCC/C=C\CCOC(=O)CCCCCCCC. The molecule has 0 bridgehead atoms. The van der Waals surface area contributed by atoms with Crippen molar-refractivity contribution in [2.24, 2.45) is 0 Å². The number of hydrogen-bond acceptors (Lipinski definition) is 2. The van der Waals surface area contributed by atoms with E-state index in [0.717, 1.165) is 25.7 Å². The summed E-state index contributed by atoms with van der Waals surface area (Å²) >= 11 is 0. The van der Waals surface area contributed by atoms with Crippen LogP contribution in [0.3, 0.4) is 0 Å². The number of rotatable bonds is 14. The molecule has 0 amide bonds. The van der Waals surface area contributed by atoms with E-state index in [4.69, 9.17) is 4.74 Å². The molecule has 118 valence electrons. The zero-order chi connectivity index (χ0) is 14.9. The lowest BCUT2D eigenvalue weighted by Gasteiger charge is -2.03. The second-order valence-electron chi connectivity index (χ2n) is 5.49. The molecular formula is C18H34O2. The first-order valence-corrected chi connectivity index (χ1v) is 8.61. The fourth-order valence-electron chi connectivity index (χ4n) is 2.11. The summed E-state index contributed by atoms with van der Waals surface area (Å²) < 4.78 is 5.21. The molecule has 0 aliphatic carbocycles. The molecule has 0 N–H and O–H groups in total. The third kappa shape index (κ3) is 15.3. The van der Waals surface area contributed by atoms with Crippen LogP contribution in [-0.4, -0.2) is 12.6 Å². The summed E-state index contributed by atoms with van der Waals surface area (Å²) in [5.41, 5.74) is 0. The number of ether oxygens (including phenoxy) is 1. The summed E-state index contributed by atoms with van der Waals surface area (Å²) in [6.45, 7) is 4.97. The van der Waals surface area contributed by atoms with Crippen molar-refractivity contribution in [2.45, 2.75) is 90.9 Å². The van der Waals surface area contributed by atoms with E-state index in [-0.39, 0.29) is 5.97 Å². The summed E-state index contributed by atoms with van der Waals surface area (Å²) in [4.78, 5) is 11.5. The van der Waals surface area contributed by atoms with Gasteiger partial charge in [-0.15, -0.1) is 0 Å². The lowest BCUT2D eigenvalue weighted by atomic mass is 10.1. The molecule has 0 aromatic heterocycles. The highest BCUT2D eigenvalue weighted by molar-refractivity contribution is 5.69. The molecule has 0 saturated carbocycles. The predicted molar refractivity (Wildman–Crippen MR) is 86.9 cm³/mol. The van der Waals surface area contributed by atoms with Gasteiger partial charge in [-0.3, -0.25) is 4.79 Å². The number of carbonyl (C=O) groups excluding carboxylic acids is 1. The molecule has 0 aliphatic rings. The molecular weight excluding hydrogens is 248 g/mol. The van der Waals surface area contributed by atoms with Crippen LogP contribution in [0.5, 0.6) is 0 Å². The van der Waals surface area contributed by atoms with Gasteiger partial charge in [0.2, 0.25) is 0 Å². The van der Waals surface area contributed by atoms with Crippen LogP contribution >= 0.6 is 0 Å². The maximum Gasteiger partial charge on any atom is 0.305 e. The molecule has 0 unspecified atom stereocenters. The quantitative estimate of drug-likeness (QED) is 0.228. The van der Waals surface area contributed by atoms with Crippen LogP contribution in [0.4, 0.5) is 0 Å². The Morgan fingerprint density at radius 2 is 1.40 bits per heavy atom. The summed E-state index contributed by atoms with van der Waals surface area (Å²) in [5.74, 6) is -0.0279. The zero-order valence-corrected chi connectivity index (χ0v) is 13.7. The minimum Gasteiger partial charge on any atom is -0.465 e. The van der Waals surface area contributed by atoms with Gasteiger partial charge in [-0.1, -0.05) is 70.9 Å². The number of unbranched alkanes of at least 4 members (excludes halogenated alkanes) is 8. The number of carbonyl (C=O) groups is 1. The van der Waals surface area contributed by atoms with Gasteiger partial charge in [0.25, 0.3) is 0 Å². The van der Waals surface area contributed by atoms with Gasteiger partial charge in [0.15, 0.2) is 0 Å². The highest BCUT2D eigenvalue weighted by atomic mass is 16.5. The van der Waals surface area contributed by atoms with Crippen LogP contribution in [0.15, 0.2) is 12.2 Å². The highest BCUT2D eigenvalue weighted by Gasteiger charge is 2.01. The van der Waals surface area contributed by atoms with Gasteiger partial charge < -0.3 is 4.74 Å². The maximum absolute atomic E-state index is 11.5. The van der Waals surface area contributed by atoms with Crippen LogP contribution in [-0.2, 0) is 9.53 Å². The molecule has 0 aliphatic heterocycles. The van der Waals surface area contributed by atoms with Crippen molar-refractivity contribution >= 4 is 5.97 Å². The molecule has 20 heavy (non-hydrogen) atoms. The van der Waals surface area contributed by atoms with E-state index < -0.39 is 0 Å². The monoisotopic (exact) mass is 282 g/mol. The molecule has 0 aromatic rings. The first-order chi connectivity index (χ1) is 9.81. The summed E-state index contributed by atoms with van der Waals surface area (Å²) in [6, 6.07) is 0. The minimum atomic E-state index is -0.0279. The Morgan fingerprint density at radius 3 is 2.15 bits per heavy atom. The molecule has 0 rings (SSSR count). The summed E-state index contributed by atoms with van der Waals surface area (Å²) in [5, 5.41) is 0. The lowest BCUT2D eigenvalue weighted by Crippen LogP contribution is -2.04. The van der Waals surface area contributed by atoms with Crippen molar-refractivity contribution in [1.29, 1.82) is 0 Å². The van der Waals surface area contributed by atoms with Crippen molar-refractivity contribution in [3.05, 3.63) is 12.2 Å². The molecule has 0 atom stereocenters. The molecule has 0 fully saturated rings. The number of hydrogen-bond donors (Lipinski definition) is 0. The number of esters is 1. The summed E-state index contributed by atoms with van der Waals surface area (Å²) in [6.07, 6.45) is 18.1. The predicted octanol–water partition coefficient (Wildman–Crippen LogP) is 5.81. The molecule has 0 spiro atoms. The average molecular weight is 282 g/mol. The van der Waals surface area contributed by atoms with E-state index in [2.05, 4.69) is 26.0 Å². The number of allylic oxidation sites excluding steroid dienone is 1. The fraction of sp³-hybridized carbons (Fsp3) is 0.833. The van der Waals surface area contributed by atoms with E-state index in [1.807, 2.05) is 0 Å². The van der Waals surface area contributed by atoms with E-state index in [0.29, 0.717) is 13.0 Å². The smallest absolute Gasteiger partial charge is 0.305 e. The van der Waals surface area contributed by atoms with Gasteiger partial charge in [-0.25, -0.2) is 0 Å². The Balaban J connectivity index is 3.24. The van der Waals surface area contributed by atoms with Gasteiger partial charge in [-0.2, -0.15) is 0 Å². The van der Waals surface area contributed by atoms with Crippen molar-refractivity contribution in [2.75, 3.05) is 6.61 Å². The van der Waals surface area contributed by atoms with Crippen LogP contribution in [0, 0.1) is 0 Å². The van der Waals surface area contributed by atoms with E-state index in [9.17, 15) is 4.79 Å². The van der Waals surface area contributed by atoms with Crippen LogP contribution < -0.4 is 0 Å².